The molecular formula is C23H34O5. The second-order valence-corrected chi connectivity index (χ2v) is 8.60. The number of hydrogen-bond donors (Lipinski definition) is 1. The zero-order valence-electron chi connectivity index (χ0n) is 17.5. The summed E-state index contributed by atoms with van der Waals surface area (Å²) < 4.78 is 23.8. The van der Waals surface area contributed by atoms with Gasteiger partial charge in [0.05, 0.1) is 25.9 Å². The van der Waals surface area contributed by atoms with Gasteiger partial charge in [-0.25, -0.2) is 0 Å². The van der Waals surface area contributed by atoms with Crippen LogP contribution in [0.2, 0.25) is 0 Å². The first-order valence-electron chi connectivity index (χ1n) is 10.3. The van der Waals surface area contributed by atoms with Gasteiger partial charge in [0.25, 0.3) is 0 Å². The van der Waals surface area contributed by atoms with E-state index in [1.54, 1.807) is 7.11 Å². The van der Waals surface area contributed by atoms with Crippen molar-refractivity contribution in [1.82, 2.24) is 0 Å². The predicted octanol–water partition coefficient (Wildman–Crippen LogP) is 4.23. The smallest absolute Gasteiger partial charge is 0.158 e. The second kappa shape index (κ2) is 9.40. The molecule has 1 aliphatic carbocycles. The molecule has 1 aromatic rings. The van der Waals surface area contributed by atoms with Crippen molar-refractivity contribution in [3.05, 3.63) is 41.5 Å². The van der Waals surface area contributed by atoms with Crippen LogP contribution in [0.3, 0.4) is 0 Å². The first kappa shape index (κ1) is 21.3. The summed E-state index contributed by atoms with van der Waals surface area (Å²) in [5.74, 6) is 0.828. The van der Waals surface area contributed by atoms with Crippen LogP contribution in [0.15, 0.2) is 35.9 Å². The first-order valence-corrected chi connectivity index (χ1v) is 10.3. The number of hydrogen-bond acceptors (Lipinski definition) is 5. The zero-order chi connectivity index (χ0) is 20.1. The van der Waals surface area contributed by atoms with E-state index in [0.29, 0.717) is 13.0 Å². The molecule has 28 heavy (non-hydrogen) atoms. The normalized spacial score (nSPS) is 30.4. The minimum Gasteiger partial charge on any atom is -0.497 e. The summed E-state index contributed by atoms with van der Waals surface area (Å²) in [6, 6.07) is 7.88. The Balaban J connectivity index is 1.76. The average molecular weight is 391 g/mol. The van der Waals surface area contributed by atoms with Crippen LogP contribution in [0.4, 0.5) is 0 Å². The predicted molar refractivity (Wildman–Crippen MR) is 108 cm³/mol. The van der Waals surface area contributed by atoms with Crippen LogP contribution in [0.1, 0.15) is 52.0 Å². The van der Waals surface area contributed by atoms with Gasteiger partial charge >= 0.3 is 0 Å². The minimum absolute atomic E-state index is 0.194. The lowest BCUT2D eigenvalue weighted by Crippen LogP contribution is -2.45. The molecule has 1 aromatic carbocycles. The van der Waals surface area contributed by atoms with Gasteiger partial charge in [-0.3, -0.25) is 0 Å². The van der Waals surface area contributed by atoms with Crippen LogP contribution in [0, 0.1) is 5.41 Å². The zero-order valence-corrected chi connectivity index (χ0v) is 17.5. The number of benzene rings is 1. The van der Waals surface area contributed by atoms with Crippen molar-refractivity contribution < 1.29 is 24.1 Å². The number of methoxy groups -OCH3 is 1. The molecule has 1 N–H and O–H groups in total. The summed E-state index contributed by atoms with van der Waals surface area (Å²) in [6.07, 6.45) is 4.64. The summed E-state index contributed by atoms with van der Waals surface area (Å²) in [6.45, 7) is 7.45. The molecule has 0 radical (unpaired) electrons. The molecular weight excluding hydrogens is 356 g/mol. The Bertz CT molecular complexity index is 645. The Morgan fingerprint density at radius 3 is 2.57 bits per heavy atom. The van der Waals surface area contributed by atoms with Gasteiger partial charge < -0.3 is 24.1 Å². The van der Waals surface area contributed by atoms with Crippen molar-refractivity contribution >= 4 is 0 Å². The average Bonchev–Trinajstić information content (AvgIpc) is 2.77. The molecule has 0 bridgehead atoms. The van der Waals surface area contributed by atoms with Crippen LogP contribution >= 0.6 is 0 Å². The third-order valence-electron chi connectivity index (χ3n) is 5.78. The highest BCUT2D eigenvalue weighted by Crippen LogP contribution is 2.39. The van der Waals surface area contributed by atoms with Crippen LogP contribution in [-0.4, -0.2) is 43.4 Å². The van der Waals surface area contributed by atoms with Gasteiger partial charge in [-0.2, -0.15) is 0 Å². The highest BCUT2D eigenvalue weighted by Gasteiger charge is 2.42. The molecule has 0 spiro atoms. The van der Waals surface area contributed by atoms with Crippen LogP contribution < -0.4 is 4.74 Å². The van der Waals surface area contributed by atoms with E-state index in [1.165, 1.54) is 0 Å². The Kier molecular flexibility index (Phi) is 7.15. The Hall–Kier alpha value is -1.40. The number of aliphatic hydroxyl groups is 1. The van der Waals surface area contributed by atoms with E-state index < -0.39 is 6.10 Å². The van der Waals surface area contributed by atoms with Crippen molar-refractivity contribution in [2.45, 2.75) is 77.7 Å². The maximum absolute atomic E-state index is 10.6. The molecule has 0 saturated carbocycles. The summed E-state index contributed by atoms with van der Waals surface area (Å²) >= 11 is 0. The van der Waals surface area contributed by atoms with Gasteiger partial charge in [0.15, 0.2) is 6.29 Å². The second-order valence-electron chi connectivity index (χ2n) is 8.60. The van der Waals surface area contributed by atoms with Crippen LogP contribution in [0.5, 0.6) is 5.75 Å². The van der Waals surface area contributed by atoms with E-state index in [4.69, 9.17) is 18.9 Å². The van der Waals surface area contributed by atoms with Crippen molar-refractivity contribution in [2.75, 3.05) is 13.7 Å². The number of rotatable bonds is 6. The van der Waals surface area contributed by atoms with E-state index in [-0.39, 0.29) is 23.9 Å². The minimum atomic E-state index is -0.483. The maximum atomic E-state index is 10.6. The van der Waals surface area contributed by atoms with Gasteiger partial charge in [-0.05, 0) is 61.3 Å². The molecule has 5 heteroatoms. The number of ether oxygens (including phenoxy) is 4. The fourth-order valence-corrected chi connectivity index (χ4v) is 3.97. The van der Waals surface area contributed by atoms with Gasteiger partial charge in [0.1, 0.15) is 11.9 Å². The molecule has 4 atom stereocenters. The Morgan fingerprint density at radius 1 is 1.18 bits per heavy atom. The standard InChI is InChI=1S/C23H34O5/c1-16-13-20(27-15-17-8-10-18(25-4)11-9-17)22(23(2,3)14-19(16)24)28-21-7-5-6-12-26-21/h8-11,13,19-22,24H,5-7,12,14-15H2,1-4H3. The monoisotopic (exact) mass is 390 g/mol. The van der Waals surface area contributed by atoms with Crippen molar-refractivity contribution in [3.63, 3.8) is 0 Å². The van der Waals surface area contributed by atoms with E-state index in [2.05, 4.69) is 13.8 Å². The summed E-state index contributed by atoms with van der Waals surface area (Å²) in [5.41, 5.74) is 1.75. The Morgan fingerprint density at radius 2 is 1.93 bits per heavy atom. The lowest BCUT2D eigenvalue weighted by atomic mass is 9.80. The highest BCUT2D eigenvalue weighted by molar-refractivity contribution is 5.26. The van der Waals surface area contributed by atoms with E-state index in [1.807, 2.05) is 37.3 Å². The van der Waals surface area contributed by atoms with Gasteiger partial charge in [-0.1, -0.05) is 32.1 Å². The summed E-state index contributed by atoms with van der Waals surface area (Å²) in [7, 11) is 1.66. The molecule has 156 valence electrons. The highest BCUT2D eigenvalue weighted by atomic mass is 16.7. The quantitative estimate of drug-likeness (QED) is 0.737. The lowest BCUT2D eigenvalue weighted by molar-refractivity contribution is -0.232. The van der Waals surface area contributed by atoms with Crippen LogP contribution in [-0.2, 0) is 20.8 Å². The molecule has 1 fully saturated rings. The fraction of sp³-hybridized carbons (Fsp3) is 0.652. The molecule has 1 saturated heterocycles. The molecule has 0 amide bonds. The molecule has 3 rings (SSSR count). The molecule has 1 aliphatic heterocycles. The third-order valence-corrected chi connectivity index (χ3v) is 5.78. The lowest BCUT2D eigenvalue weighted by Gasteiger charge is -2.40. The molecule has 4 unspecified atom stereocenters. The van der Waals surface area contributed by atoms with Gasteiger partial charge in [-0.15, -0.1) is 0 Å². The van der Waals surface area contributed by atoms with Crippen molar-refractivity contribution in [3.8, 4) is 5.75 Å². The van der Waals surface area contributed by atoms with E-state index in [0.717, 1.165) is 42.8 Å². The largest absolute Gasteiger partial charge is 0.497 e. The molecule has 0 aromatic heterocycles. The summed E-state index contributed by atoms with van der Waals surface area (Å²) in [4.78, 5) is 0. The van der Waals surface area contributed by atoms with E-state index in [9.17, 15) is 5.11 Å². The number of aliphatic hydroxyl groups excluding tert-OH is 1. The molecule has 1 heterocycles. The van der Waals surface area contributed by atoms with E-state index >= 15 is 0 Å². The molecule has 5 nitrogen and oxygen atoms in total. The third kappa shape index (κ3) is 5.35. The maximum Gasteiger partial charge on any atom is 0.158 e. The van der Waals surface area contributed by atoms with Gasteiger partial charge in [0, 0.05) is 6.61 Å². The van der Waals surface area contributed by atoms with Crippen LogP contribution in [0.25, 0.3) is 0 Å². The molecule has 2 aliphatic rings. The first-order chi connectivity index (χ1) is 13.4. The fourth-order valence-electron chi connectivity index (χ4n) is 3.97. The Labute approximate surface area is 168 Å². The van der Waals surface area contributed by atoms with Crippen molar-refractivity contribution in [1.29, 1.82) is 0 Å². The summed E-state index contributed by atoms with van der Waals surface area (Å²) in [5, 5.41) is 10.6. The SMILES string of the molecule is COc1ccc(COC2C=C(C)C(O)CC(C)(C)C2OC2CCCCO2)cc1. The van der Waals surface area contributed by atoms with Crippen molar-refractivity contribution in [2.24, 2.45) is 5.41 Å². The van der Waals surface area contributed by atoms with Gasteiger partial charge in [0.2, 0.25) is 0 Å². The topological polar surface area (TPSA) is 57.2 Å².